The van der Waals surface area contributed by atoms with Crippen LogP contribution in [0.4, 0.5) is 13.2 Å². The van der Waals surface area contributed by atoms with Crippen LogP contribution in [0.25, 0.3) is 10.9 Å². The van der Waals surface area contributed by atoms with Crippen molar-refractivity contribution in [1.29, 1.82) is 0 Å². The summed E-state index contributed by atoms with van der Waals surface area (Å²) in [5, 5.41) is 3.88. The van der Waals surface area contributed by atoms with Crippen LogP contribution in [0.1, 0.15) is 34.6 Å². The van der Waals surface area contributed by atoms with Crippen molar-refractivity contribution in [2.45, 2.75) is 31.2 Å². The first-order valence-corrected chi connectivity index (χ1v) is 14.3. The highest BCUT2D eigenvalue weighted by atomic mass is 19.4. The second-order valence-electron chi connectivity index (χ2n) is 10.8. The number of hydrogen-bond acceptors (Lipinski definition) is 4. The second-order valence-corrected chi connectivity index (χ2v) is 10.8. The van der Waals surface area contributed by atoms with Crippen molar-refractivity contribution in [3.05, 3.63) is 126 Å². The molecule has 2 heterocycles. The molecule has 0 saturated heterocycles. The van der Waals surface area contributed by atoms with Gasteiger partial charge in [0.2, 0.25) is 5.91 Å². The van der Waals surface area contributed by atoms with Gasteiger partial charge in [0, 0.05) is 36.0 Å². The Bertz CT molecular complexity index is 1750. The fourth-order valence-electron chi connectivity index (χ4n) is 5.57. The Hall–Kier alpha value is -4.92. The third kappa shape index (κ3) is 6.37. The molecule has 1 aliphatic heterocycles. The predicted octanol–water partition coefficient (Wildman–Crippen LogP) is 7.20. The molecule has 0 spiro atoms. The minimum atomic E-state index is -4.46. The van der Waals surface area contributed by atoms with E-state index in [-0.39, 0.29) is 25.0 Å². The molecular formula is C35H31F3N2O4. The van der Waals surface area contributed by atoms with Crippen LogP contribution in [0.2, 0.25) is 0 Å². The summed E-state index contributed by atoms with van der Waals surface area (Å²) in [5.41, 5.74) is 2.75. The predicted molar refractivity (Wildman–Crippen MR) is 161 cm³/mol. The molecule has 0 fully saturated rings. The molecule has 0 aliphatic carbocycles. The maximum Gasteiger partial charge on any atom is 0.416 e. The smallest absolute Gasteiger partial charge is 0.416 e. The largest absolute Gasteiger partial charge is 0.497 e. The molecule has 0 radical (unpaired) electrons. The molecule has 1 aliphatic rings. The minimum absolute atomic E-state index is 0.0338. The molecule has 4 aromatic carbocycles. The molecule has 6 nitrogen and oxygen atoms in total. The van der Waals surface area contributed by atoms with Gasteiger partial charge >= 0.3 is 6.18 Å². The summed E-state index contributed by atoms with van der Waals surface area (Å²) >= 11 is 0. The van der Waals surface area contributed by atoms with E-state index in [1.54, 1.807) is 7.11 Å². The van der Waals surface area contributed by atoms with Gasteiger partial charge in [-0.05, 0) is 59.2 Å². The van der Waals surface area contributed by atoms with Crippen LogP contribution in [0.3, 0.4) is 0 Å². The Balaban J connectivity index is 1.28. The molecule has 9 heteroatoms. The third-order valence-electron chi connectivity index (χ3n) is 7.83. The summed E-state index contributed by atoms with van der Waals surface area (Å²) in [7, 11) is 1.62. The summed E-state index contributed by atoms with van der Waals surface area (Å²) in [6.07, 6.45) is -2.80. The number of alkyl halides is 3. The monoisotopic (exact) mass is 600 g/mol. The maximum atomic E-state index is 13.4. The molecule has 0 saturated carbocycles. The highest BCUT2D eigenvalue weighted by Gasteiger charge is 2.31. The van der Waals surface area contributed by atoms with Crippen molar-refractivity contribution in [3.63, 3.8) is 0 Å². The van der Waals surface area contributed by atoms with E-state index in [2.05, 4.69) is 9.88 Å². The number of ether oxygens (including phenoxy) is 3. The van der Waals surface area contributed by atoms with Gasteiger partial charge in [0.25, 0.3) is 0 Å². The van der Waals surface area contributed by atoms with Crippen LogP contribution >= 0.6 is 0 Å². The number of carbonyl (C=O) groups is 1. The Morgan fingerprint density at radius 2 is 1.66 bits per heavy atom. The van der Waals surface area contributed by atoms with E-state index in [0.29, 0.717) is 30.2 Å². The number of carbonyl (C=O) groups excluding carboxylic acids is 1. The van der Waals surface area contributed by atoms with E-state index < -0.39 is 17.7 Å². The van der Waals surface area contributed by atoms with Crippen molar-refractivity contribution in [2.24, 2.45) is 0 Å². The van der Waals surface area contributed by atoms with E-state index in [4.69, 9.17) is 14.2 Å². The van der Waals surface area contributed by atoms with E-state index in [0.717, 1.165) is 39.9 Å². The lowest BCUT2D eigenvalue weighted by Gasteiger charge is -2.26. The number of rotatable bonds is 9. The topological polar surface area (TPSA) is 61.7 Å². The van der Waals surface area contributed by atoms with Gasteiger partial charge in [-0.1, -0.05) is 54.6 Å². The lowest BCUT2D eigenvalue weighted by Crippen LogP contribution is -2.41. The summed E-state index contributed by atoms with van der Waals surface area (Å²) in [6.45, 7) is 1.08. The fourth-order valence-corrected chi connectivity index (χ4v) is 5.57. The molecule has 5 aromatic rings. The number of aromatic nitrogens is 1. The van der Waals surface area contributed by atoms with E-state index in [9.17, 15) is 18.0 Å². The number of para-hydroxylation sites is 3. The molecule has 1 aromatic heterocycles. The number of halogens is 3. The van der Waals surface area contributed by atoms with Crippen LogP contribution in [-0.2, 0) is 17.5 Å². The number of hydrogen-bond donors (Lipinski definition) is 1. The molecule has 1 amide bonds. The molecule has 0 unspecified atom stereocenters. The molecule has 0 bridgehead atoms. The highest BCUT2D eigenvalue weighted by Crippen LogP contribution is 2.37. The second kappa shape index (κ2) is 12.4. The summed E-state index contributed by atoms with van der Waals surface area (Å²) < 4.78 is 59.3. The van der Waals surface area contributed by atoms with Gasteiger partial charge in [0.05, 0.1) is 19.2 Å². The van der Waals surface area contributed by atoms with Crippen LogP contribution in [-0.4, -0.2) is 36.8 Å². The van der Waals surface area contributed by atoms with Crippen LogP contribution in [0, 0.1) is 0 Å². The Morgan fingerprint density at radius 3 is 2.39 bits per heavy atom. The summed E-state index contributed by atoms with van der Waals surface area (Å²) in [4.78, 5) is 13.4. The summed E-state index contributed by atoms with van der Waals surface area (Å²) in [6, 6.07) is 28.0. The standard InChI is InChI=1S/C35H31F3N2O4/c1-42-26-16-10-23(11-17-26)20-40-21-30(28-6-2-3-7-31(28)40)29(24-12-14-25(15-13-24)35(36,37)38)18-34(41)39-19-27-22-43-32-8-4-5-9-33(32)44-27/h2-17,21,27,29H,18-20,22H2,1H3,(H,39,41)/t27-,29-/m0/s1. The summed E-state index contributed by atoms with van der Waals surface area (Å²) in [5.74, 6) is 1.29. The lowest BCUT2D eigenvalue weighted by molar-refractivity contribution is -0.137. The van der Waals surface area contributed by atoms with E-state index >= 15 is 0 Å². The number of amides is 1. The van der Waals surface area contributed by atoms with Crippen molar-refractivity contribution < 1.29 is 32.2 Å². The minimum Gasteiger partial charge on any atom is -0.497 e. The molecule has 6 rings (SSSR count). The molecule has 2 atom stereocenters. The van der Waals surface area contributed by atoms with E-state index in [1.807, 2.05) is 79.0 Å². The number of nitrogens with one attached hydrogen (secondary N) is 1. The fraction of sp³-hybridized carbons (Fsp3) is 0.229. The SMILES string of the molecule is COc1ccc(Cn2cc([C@@H](CC(=O)NC[C@H]3COc4ccccc4O3)c3ccc(C(F)(F)F)cc3)c3ccccc32)cc1. The zero-order valence-electron chi connectivity index (χ0n) is 24.0. The zero-order chi connectivity index (χ0) is 30.7. The quantitative estimate of drug-likeness (QED) is 0.195. The molecule has 44 heavy (non-hydrogen) atoms. The van der Waals surface area contributed by atoms with Gasteiger partial charge < -0.3 is 24.1 Å². The molecule has 1 N–H and O–H groups in total. The van der Waals surface area contributed by atoms with Crippen LogP contribution < -0.4 is 19.5 Å². The first-order chi connectivity index (χ1) is 21.3. The first kappa shape index (κ1) is 29.2. The number of benzene rings is 4. The van der Waals surface area contributed by atoms with Crippen molar-refractivity contribution in [3.8, 4) is 17.2 Å². The van der Waals surface area contributed by atoms with Gasteiger partial charge in [-0.2, -0.15) is 13.2 Å². The molecule has 226 valence electrons. The third-order valence-corrected chi connectivity index (χ3v) is 7.83. The Morgan fingerprint density at radius 1 is 0.955 bits per heavy atom. The average Bonchev–Trinajstić information content (AvgIpc) is 3.40. The van der Waals surface area contributed by atoms with Crippen LogP contribution in [0.5, 0.6) is 17.2 Å². The number of nitrogens with zero attached hydrogens (tertiary/aromatic N) is 1. The van der Waals surface area contributed by atoms with Crippen LogP contribution in [0.15, 0.2) is 103 Å². The number of fused-ring (bicyclic) bond motifs is 2. The van der Waals surface area contributed by atoms with Crippen molar-refractivity contribution in [2.75, 3.05) is 20.3 Å². The number of methoxy groups -OCH3 is 1. The Kier molecular flexibility index (Phi) is 8.19. The first-order valence-electron chi connectivity index (χ1n) is 14.3. The van der Waals surface area contributed by atoms with Gasteiger partial charge in [-0.3, -0.25) is 4.79 Å². The maximum absolute atomic E-state index is 13.4. The van der Waals surface area contributed by atoms with Gasteiger partial charge in [-0.25, -0.2) is 0 Å². The highest BCUT2D eigenvalue weighted by molar-refractivity contribution is 5.87. The van der Waals surface area contributed by atoms with Gasteiger partial charge in [0.1, 0.15) is 18.5 Å². The normalized spacial score (nSPS) is 15.1. The van der Waals surface area contributed by atoms with Gasteiger partial charge in [-0.15, -0.1) is 0 Å². The lowest BCUT2D eigenvalue weighted by atomic mass is 9.87. The van der Waals surface area contributed by atoms with E-state index in [1.165, 1.54) is 12.1 Å². The van der Waals surface area contributed by atoms with Gasteiger partial charge in [0.15, 0.2) is 11.5 Å². The zero-order valence-corrected chi connectivity index (χ0v) is 24.0. The molecular weight excluding hydrogens is 569 g/mol. The van der Waals surface area contributed by atoms with Crippen molar-refractivity contribution >= 4 is 16.8 Å². The Labute approximate surface area is 253 Å². The average molecular weight is 601 g/mol. The van der Waals surface area contributed by atoms with Crippen molar-refractivity contribution in [1.82, 2.24) is 9.88 Å².